The van der Waals surface area contributed by atoms with Gasteiger partial charge in [0.05, 0.1) is 35.8 Å². The van der Waals surface area contributed by atoms with Crippen molar-refractivity contribution < 1.29 is 37.4 Å². The summed E-state index contributed by atoms with van der Waals surface area (Å²) in [5.74, 6) is -1.20. The fourth-order valence-corrected chi connectivity index (χ4v) is 7.55. The summed E-state index contributed by atoms with van der Waals surface area (Å²) in [5.41, 5.74) is 0.580. The van der Waals surface area contributed by atoms with E-state index in [4.69, 9.17) is 14.5 Å². The molecule has 0 radical (unpaired) electrons. The predicted molar refractivity (Wildman–Crippen MR) is 194 cm³/mol. The van der Waals surface area contributed by atoms with Gasteiger partial charge in [-0.15, -0.1) is 6.58 Å². The Bertz CT molecular complexity index is 2080. The number of amides is 3. The van der Waals surface area contributed by atoms with Gasteiger partial charge < -0.3 is 25.2 Å². The van der Waals surface area contributed by atoms with Gasteiger partial charge in [0.1, 0.15) is 29.4 Å². The molecule has 13 nitrogen and oxygen atoms in total. The van der Waals surface area contributed by atoms with E-state index in [-0.39, 0.29) is 43.2 Å². The molecule has 3 aromatic carbocycles. The molecule has 2 heterocycles. The van der Waals surface area contributed by atoms with Gasteiger partial charge in [0.2, 0.25) is 11.8 Å². The maximum absolute atomic E-state index is 14.1. The largest absolute Gasteiger partial charge is 0.497 e. The van der Waals surface area contributed by atoms with Crippen LogP contribution in [0.3, 0.4) is 0 Å². The van der Waals surface area contributed by atoms with Gasteiger partial charge in [-0.1, -0.05) is 61.5 Å². The number of hydrogen-bond donors (Lipinski definition) is 4. The molecule has 14 heteroatoms. The third kappa shape index (κ3) is 7.64. The van der Waals surface area contributed by atoms with Gasteiger partial charge >= 0.3 is 0 Å². The van der Waals surface area contributed by atoms with E-state index in [2.05, 4.69) is 21.9 Å². The maximum Gasteiger partial charge on any atom is 0.264 e. The molecule has 1 unspecified atom stereocenters. The van der Waals surface area contributed by atoms with Gasteiger partial charge in [-0.05, 0) is 30.7 Å². The van der Waals surface area contributed by atoms with Crippen LogP contribution in [0.25, 0.3) is 22.2 Å². The highest BCUT2D eigenvalue weighted by molar-refractivity contribution is 7.90. The molecule has 272 valence electrons. The molecule has 2 aliphatic rings. The Kier molecular flexibility index (Phi) is 10.6. The topological polar surface area (TPSA) is 176 Å². The summed E-state index contributed by atoms with van der Waals surface area (Å²) < 4.78 is 40.2. The average molecular weight is 728 g/mol. The van der Waals surface area contributed by atoms with Crippen LogP contribution in [0.4, 0.5) is 0 Å². The molecule has 0 spiro atoms. The average Bonchev–Trinajstić information content (AvgIpc) is 3.72. The van der Waals surface area contributed by atoms with Crippen LogP contribution in [-0.4, -0.2) is 85.2 Å². The van der Waals surface area contributed by atoms with Gasteiger partial charge in [0, 0.05) is 48.4 Å². The fourth-order valence-electron chi connectivity index (χ4n) is 6.49. The summed E-state index contributed by atoms with van der Waals surface area (Å²) >= 11 is 0. The fraction of sp³-hybridized carbons (Fsp3) is 0.316. The molecule has 4 N–H and O–H groups in total. The molecule has 52 heavy (non-hydrogen) atoms. The Balaban J connectivity index is 1.28. The van der Waals surface area contributed by atoms with Crippen LogP contribution < -0.4 is 24.8 Å². The van der Waals surface area contributed by atoms with Crippen molar-refractivity contribution in [1.82, 2.24) is 25.2 Å². The van der Waals surface area contributed by atoms with E-state index in [1.165, 1.54) is 35.2 Å². The number of benzene rings is 3. The lowest BCUT2D eigenvalue weighted by Gasteiger charge is -2.30. The highest BCUT2D eigenvalue weighted by atomic mass is 32.2. The number of aromatic nitrogens is 1. The van der Waals surface area contributed by atoms with Crippen LogP contribution in [0, 0.1) is 5.92 Å². The monoisotopic (exact) mass is 727 g/mol. The summed E-state index contributed by atoms with van der Waals surface area (Å²) in [6.45, 7) is 5.39. The normalized spacial score (nSPS) is 21.9. The number of pyridine rings is 1. The summed E-state index contributed by atoms with van der Waals surface area (Å²) in [4.78, 5) is 46.0. The first-order valence-corrected chi connectivity index (χ1v) is 18.4. The van der Waals surface area contributed by atoms with Gasteiger partial charge in [-0.25, -0.2) is 18.1 Å². The van der Waals surface area contributed by atoms with Crippen molar-refractivity contribution in [3.63, 3.8) is 0 Å². The number of methoxy groups -OCH3 is 1. The third-order valence-electron chi connectivity index (χ3n) is 9.46. The quantitative estimate of drug-likeness (QED) is 0.141. The van der Waals surface area contributed by atoms with E-state index in [9.17, 15) is 27.9 Å². The van der Waals surface area contributed by atoms with E-state index in [1.54, 1.807) is 32.2 Å². The van der Waals surface area contributed by atoms with Crippen molar-refractivity contribution in [1.29, 1.82) is 0 Å². The van der Waals surface area contributed by atoms with Gasteiger partial charge in [-0.3, -0.25) is 19.3 Å². The molecule has 1 saturated heterocycles. The molecule has 2 fully saturated rings. The second-order valence-corrected chi connectivity index (χ2v) is 14.5. The highest BCUT2D eigenvalue weighted by Gasteiger charge is 2.61. The predicted octanol–water partition coefficient (Wildman–Crippen LogP) is 3.14. The second-order valence-electron chi connectivity index (χ2n) is 12.8. The SMILES string of the molecule is C=C[C@@H]1C[C@]1(NC(=O)[C@@H]1C[C@@H](Oc2cc(-c3ccccc3)nc3cc(OC)ccc23)CN1C(O)CNC(=O)CC)C(=O)NS(=O)(=O)c1ccccc1. The highest BCUT2D eigenvalue weighted by Crippen LogP contribution is 2.45. The summed E-state index contributed by atoms with van der Waals surface area (Å²) in [5, 5.41) is 17.5. The lowest BCUT2D eigenvalue weighted by Crippen LogP contribution is -2.57. The second kappa shape index (κ2) is 15.1. The molecule has 1 aliphatic carbocycles. The first-order chi connectivity index (χ1) is 25.0. The molecule has 0 bridgehead atoms. The first kappa shape index (κ1) is 36.5. The molecule has 4 aromatic rings. The number of carbonyl (C=O) groups excluding carboxylic acids is 3. The van der Waals surface area contributed by atoms with Crippen LogP contribution in [0.5, 0.6) is 11.5 Å². The number of fused-ring (bicyclic) bond motifs is 1. The van der Waals surface area contributed by atoms with Gasteiger partial charge in [-0.2, -0.15) is 0 Å². The van der Waals surface area contributed by atoms with Crippen molar-refractivity contribution in [2.24, 2.45) is 5.92 Å². The van der Waals surface area contributed by atoms with Crippen LogP contribution in [0.1, 0.15) is 26.2 Å². The zero-order chi connectivity index (χ0) is 37.0. The van der Waals surface area contributed by atoms with Crippen molar-refractivity contribution in [2.75, 3.05) is 20.2 Å². The molecule has 1 saturated carbocycles. The maximum atomic E-state index is 14.1. The van der Waals surface area contributed by atoms with Crippen molar-refractivity contribution >= 4 is 38.6 Å². The number of aliphatic hydroxyl groups excluding tert-OH is 1. The van der Waals surface area contributed by atoms with Crippen molar-refractivity contribution in [3.8, 4) is 22.8 Å². The molecule has 1 aromatic heterocycles. The number of likely N-dealkylation sites (tertiary alicyclic amines) is 1. The van der Waals surface area contributed by atoms with Crippen molar-refractivity contribution in [3.05, 3.63) is 97.6 Å². The number of rotatable bonds is 14. The van der Waals surface area contributed by atoms with E-state index >= 15 is 0 Å². The zero-order valence-corrected chi connectivity index (χ0v) is 29.6. The number of hydrogen-bond acceptors (Lipinski definition) is 10. The third-order valence-corrected chi connectivity index (χ3v) is 10.8. The van der Waals surface area contributed by atoms with E-state index in [0.717, 1.165) is 5.56 Å². The number of ether oxygens (including phenoxy) is 2. The molecular formula is C38H41N5O8S. The summed E-state index contributed by atoms with van der Waals surface area (Å²) in [6, 6.07) is 23.3. The number of aliphatic hydroxyl groups is 1. The Morgan fingerprint density at radius 1 is 1.08 bits per heavy atom. The van der Waals surface area contributed by atoms with Crippen LogP contribution in [0.15, 0.2) is 102 Å². The molecule has 3 amide bonds. The molecule has 6 rings (SSSR count). The lowest BCUT2D eigenvalue weighted by atomic mass is 10.1. The standard InChI is InChI=1S/C38H41N5O8S/c1-4-25-21-38(25,37(47)42-52(48,49)28-14-10-7-11-15-28)41-36(46)32-19-27(23-43(32)35(45)22-39-34(44)5-2)51-33-20-30(24-12-8-6-9-13-24)40-31-18-26(50-3)16-17-29(31)33/h4,6-18,20,25,27,32,35,45H,1,5,19,21-23H2,2-3H3,(H,39,44)(H,41,46)(H,42,47)/t25-,27-,32+,35?,38-/m1/s1. The number of carbonyl (C=O) groups is 3. The van der Waals surface area contributed by atoms with Gasteiger partial charge in [0.15, 0.2) is 0 Å². The minimum atomic E-state index is -4.23. The molecular weight excluding hydrogens is 687 g/mol. The minimum Gasteiger partial charge on any atom is -0.497 e. The Hall–Kier alpha value is -5.31. The Morgan fingerprint density at radius 2 is 1.79 bits per heavy atom. The van der Waals surface area contributed by atoms with E-state index in [1.807, 2.05) is 42.5 Å². The Morgan fingerprint density at radius 3 is 2.44 bits per heavy atom. The van der Waals surface area contributed by atoms with E-state index < -0.39 is 51.7 Å². The van der Waals surface area contributed by atoms with Crippen LogP contribution >= 0.6 is 0 Å². The molecule has 5 atom stereocenters. The van der Waals surface area contributed by atoms with Crippen molar-refractivity contribution in [2.45, 2.75) is 55.0 Å². The zero-order valence-electron chi connectivity index (χ0n) is 28.8. The smallest absolute Gasteiger partial charge is 0.264 e. The summed E-state index contributed by atoms with van der Waals surface area (Å²) in [6.07, 6.45) is 0.0327. The minimum absolute atomic E-state index is 0.0916. The van der Waals surface area contributed by atoms with Crippen LogP contribution in [0.2, 0.25) is 0 Å². The number of nitrogens with one attached hydrogen (secondary N) is 3. The number of nitrogens with zero attached hydrogens (tertiary/aromatic N) is 2. The van der Waals surface area contributed by atoms with Gasteiger partial charge in [0.25, 0.3) is 15.9 Å². The first-order valence-electron chi connectivity index (χ1n) is 17.0. The number of sulfonamides is 1. The molecule has 1 aliphatic heterocycles. The summed E-state index contributed by atoms with van der Waals surface area (Å²) in [7, 11) is -2.66. The van der Waals surface area contributed by atoms with Crippen LogP contribution in [-0.2, 0) is 24.4 Å². The van der Waals surface area contributed by atoms with E-state index in [0.29, 0.717) is 28.1 Å². The lowest BCUT2D eigenvalue weighted by molar-refractivity contribution is -0.134. The Labute approximate surface area is 302 Å².